The van der Waals surface area contributed by atoms with Crippen LogP contribution in [0, 0.1) is 0 Å². The lowest BCUT2D eigenvalue weighted by molar-refractivity contribution is -0.195. The molecule has 0 aliphatic heterocycles. The van der Waals surface area contributed by atoms with Gasteiger partial charge in [0.1, 0.15) is 5.57 Å². The number of carbonyl (C=O) groups excluding carboxylic acids is 2. The Morgan fingerprint density at radius 1 is 0.900 bits per heavy atom. The van der Waals surface area contributed by atoms with Crippen LogP contribution in [0.15, 0.2) is 11.1 Å². The predicted octanol–water partition coefficient (Wildman–Crippen LogP) is 0.0974. The zero-order valence-electron chi connectivity index (χ0n) is 12.3. The van der Waals surface area contributed by atoms with Gasteiger partial charge in [-0.1, -0.05) is 0 Å². The van der Waals surface area contributed by atoms with E-state index in [1.807, 2.05) is 0 Å². The number of carbonyl (C=O) groups is 2. The summed E-state index contributed by atoms with van der Waals surface area (Å²) in [4.78, 5) is 25.8. The maximum absolute atomic E-state index is 14.6. The van der Waals surface area contributed by atoms with Crippen LogP contribution in [0.1, 0.15) is 0 Å². The van der Waals surface area contributed by atoms with E-state index in [2.05, 4.69) is 9.47 Å². The van der Waals surface area contributed by atoms with Gasteiger partial charge < -0.3 is 9.47 Å². The second-order valence-corrected chi connectivity index (χ2v) is 4.77. The third-order valence-corrected chi connectivity index (χ3v) is 3.42. The van der Waals surface area contributed by atoms with Gasteiger partial charge >= 0.3 is 17.9 Å². The molecule has 0 aromatic rings. The number of ether oxygens (including phenoxy) is 2. The van der Waals surface area contributed by atoms with Gasteiger partial charge in [0.2, 0.25) is 0 Å². The van der Waals surface area contributed by atoms with Crippen LogP contribution in [-0.2, 0) is 19.1 Å². The standard InChI is InChI=1S/C12H18F2N2O4/c1-15(2)12(16(3)4)8(10(18)20-6)7(9(17)19-5)11(12,13)14/h1-6H3. The molecule has 0 aromatic carbocycles. The van der Waals surface area contributed by atoms with E-state index in [-0.39, 0.29) is 0 Å². The summed E-state index contributed by atoms with van der Waals surface area (Å²) in [7, 11) is 7.62. The third-order valence-electron chi connectivity index (χ3n) is 3.42. The highest BCUT2D eigenvalue weighted by molar-refractivity contribution is 6.07. The lowest BCUT2D eigenvalue weighted by Gasteiger charge is -2.56. The minimum atomic E-state index is -3.57. The molecule has 0 heterocycles. The van der Waals surface area contributed by atoms with E-state index in [0.717, 1.165) is 14.2 Å². The van der Waals surface area contributed by atoms with Crippen molar-refractivity contribution >= 4 is 11.9 Å². The minimum Gasteiger partial charge on any atom is -0.466 e. The molecule has 0 bridgehead atoms. The Kier molecular flexibility index (Phi) is 4.21. The number of halogens is 2. The molecule has 0 radical (unpaired) electrons. The molecular weight excluding hydrogens is 274 g/mol. The lowest BCUT2D eigenvalue weighted by Crippen LogP contribution is -2.76. The molecule has 1 aliphatic rings. The SMILES string of the molecule is COC(=O)C1=C(C(=O)OC)C(N(C)C)(N(C)C)C1(F)F. The maximum Gasteiger partial charge on any atom is 0.340 e. The number of likely N-dealkylation sites (N-methyl/N-ethyl adjacent to an activating group) is 2. The molecule has 0 N–H and O–H groups in total. The molecule has 0 amide bonds. The van der Waals surface area contributed by atoms with Gasteiger partial charge in [0.15, 0.2) is 5.66 Å². The third kappa shape index (κ3) is 1.75. The molecule has 1 aliphatic carbocycles. The van der Waals surface area contributed by atoms with Crippen LogP contribution in [0.4, 0.5) is 8.78 Å². The Hall–Kier alpha value is -1.54. The van der Waals surface area contributed by atoms with Crippen LogP contribution in [0.25, 0.3) is 0 Å². The number of rotatable bonds is 4. The average Bonchev–Trinajstić information content (AvgIpc) is 2.34. The topological polar surface area (TPSA) is 59.1 Å². The van der Waals surface area contributed by atoms with Crippen molar-refractivity contribution in [3.63, 3.8) is 0 Å². The minimum absolute atomic E-state index is 0.410. The van der Waals surface area contributed by atoms with E-state index >= 15 is 0 Å². The Balaban J connectivity index is 3.66. The number of hydrogen-bond donors (Lipinski definition) is 0. The van der Waals surface area contributed by atoms with Gasteiger partial charge in [0, 0.05) is 0 Å². The summed E-state index contributed by atoms with van der Waals surface area (Å²) in [5, 5.41) is 0. The number of hydrogen-bond acceptors (Lipinski definition) is 6. The van der Waals surface area contributed by atoms with E-state index in [0.29, 0.717) is 0 Å². The molecule has 0 fully saturated rings. The molecule has 0 saturated carbocycles. The highest BCUT2D eigenvalue weighted by Gasteiger charge is 2.75. The van der Waals surface area contributed by atoms with Crippen LogP contribution in [0.3, 0.4) is 0 Å². The Morgan fingerprint density at radius 2 is 1.25 bits per heavy atom. The first-order valence-electron chi connectivity index (χ1n) is 5.75. The molecule has 1 rings (SSSR count). The molecule has 6 nitrogen and oxygen atoms in total. The molecule has 114 valence electrons. The van der Waals surface area contributed by atoms with Crippen molar-refractivity contribution in [3.05, 3.63) is 11.1 Å². The van der Waals surface area contributed by atoms with Crippen molar-refractivity contribution in [1.29, 1.82) is 0 Å². The largest absolute Gasteiger partial charge is 0.466 e. The molecule has 0 atom stereocenters. The van der Waals surface area contributed by atoms with Gasteiger partial charge in [0.25, 0.3) is 0 Å². The van der Waals surface area contributed by atoms with Crippen molar-refractivity contribution in [3.8, 4) is 0 Å². The first kappa shape index (κ1) is 16.5. The van der Waals surface area contributed by atoms with Gasteiger partial charge in [-0.25, -0.2) is 9.59 Å². The van der Waals surface area contributed by atoms with E-state index in [4.69, 9.17) is 0 Å². The zero-order chi connectivity index (χ0) is 15.9. The van der Waals surface area contributed by atoms with Gasteiger partial charge in [-0.15, -0.1) is 0 Å². The van der Waals surface area contributed by atoms with Crippen molar-refractivity contribution in [1.82, 2.24) is 9.80 Å². The van der Waals surface area contributed by atoms with Crippen LogP contribution in [0.2, 0.25) is 0 Å². The summed E-state index contributed by atoms with van der Waals surface area (Å²) in [6.45, 7) is 0. The molecule has 0 saturated heterocycles. The normalized spacial score (nSPS) is 19.9. The quantitative estimate of drug-likeness (QED) is 0.541. The van der Waals surface area contributed by atoms with Crippen LogP contribution in [-0.4, -0.2) is 75.7 Å². The van der Waals surface area contributed by atoms with Gasteiger partial charge in [-0.05, 0) is 28.2 Å². The highest BCUT2D eigenvalue weighted by atomic mass is 19.3. The summed E-state index contributed by atoms with van der Waals surface area (Å²) in [5.41, 5.74) is -3.43. The summed E-state index contributed by atoms with van der Waals surface area (Å²) < 4.78 is 38.0. The molecule has 0 aromatic heterocycles. The van der Waals surface area contributed by atoms with Crippen LogP contribution < -0.4 is 0 Å². The number of alkyl halides is 2. The van der Waals surface area contributed by atoms with Crippen molar-refractivity contribution < 1.29 is 27.8 Å². The summed E-state index contributed by atoms with van der Waals surface area (Å²) in [6.07, 6.45) is 0. The van der Waals surface area contributed by atoms with Crippen LogP contribution in [0.5, 0.6) is 0 Å². The highest BCUT2D eigenvalue weighted by Crippen LogP contribution is 2.56. The van der Waals surface area contributed by atoms with Gasteiger partial charge in [-0.3, -0.25) is 9.80 Å². The van der Waals surface area contributed by atoms with E-state index in [1.165, 1.54) is 38.0 Å². The summed E-state index contributed by atoms with van der Waals surface area (Å²) in [5.74, 6) is -5.80. The molecule has 8 heteroatoms. The predicted molar refractivity (Wildman–Crippen MR) is 66.1 cm³/mol. The first-order valence-corrected chi connectivity index (χ1v) is 5.75. The van der Waals surface area contributed by atoms with E-state index < -0.39 is 34.7 Å². The van der Waals surface area contributed by atoms with E-state index in [9.17, 15) is 18.4 Å². The number of methoxy groups -OCH3 is 2. The van der Waals surface area contributed by atoms with Crippen molar-refractivity contribution in [2.24, 2.45) is 0 Å². The smallest absolute Gasteiger partial charge is 0.340 e. The fourth-order valence-electron chi connectivity index (χ4n) is 2.69. The molecular formula is C12H18F2N2O4. The van der Waals surface area contributed by atoms with Crippen molar-refractivity contribution in [2.45, 2.75) is 11.6 Å². The Labute approximate surface area is 115 Å². The Bertz CT molecular complexity index is 464. The molecule has 0 unspecified atom stereocenters. The summed E-state index contributed by atoms with van der Waals surface area (Å²) in [6, 6.07) is 0. The maximum atomic E-state index is 14.6. The second kappa shape index (κ2) is 5.10. The van der Waals surface area contributed by atoms with Gasteiger partial charge in [0.05, 0.1) is 19.8 Å². The fraction of sp³-hybridized carbons (Fsp3) is 0.667. The molecule has 20 heavy (non-hydrogen) atoms. The number of esters is 2. The summed E-state index contributed by atoms with van der Waals surface area (Å²) >= 11 is 0. The monoisotopic (exact) mass is 292 g/mol. The fourth-order valence-corrected chi connectivity index (χ4v) is 2.69. The number of nitrogens with zero attached hydrogens (tertiary/aromatic N) is 2. The van der Waals surface area contributed by atoms with Gasteiger partial charge in [-0.2, -0.15) is 8.78 Å². The second-order valence-electron chi connectivity index (χ2n) is 4.77. The first-order chi connectivity index (χ1) is 9.10. The molecule has 0 spiro atoms. The zero-order valence-corrected chi connectivity index (χ0v) is 12.3. The Morgan fingerprint density at radius 3 is 1.55 bits per heavy atom. The van der Waals surface area contributed by atoms with Crippen LogP contribution >= 0.6 is 0 Å². The van der Waals surface area contributed by atoms with Crippen molar-refractivity contribution in [2.75, 3.05) is 42.4 Å². The lowest BCUT2D eigenvalue weighted by atomic mass is 9.70. The average molecular weight is 292 g/mol. The van der Waals surface area contributed by atoms with E-state index in [1.54, 1.807) is 0 Å².